The van der Waals surface area contributed by atoms with Crippen molar-refractivity contribution in [3.05, 3.63) is 35.4 Å². The van der Waals surface area contributed by atoms with Crippen LogP contribution in [0.25, 0.3) is 0 Å². The third kappa shape index (κ3) is 1.80. The Balaban J connectivity index is 1.45. The third-order valence-electron chi connectivity index (χ3n) is 8.65. The molecule has 3 aliphatic heterocycles. The summed E-state index contributed by atoms with van der Waals surface area (Å²) in [5.41, 5.74) is -0.368. The molecule has 0 aromatic heterocycles. The molecule has 152 valence electrons. The van der Waals surface area contributed by atoms with Gasteiger partial charge in [0.05, 0.1) is 11.0 Å². The molecule has 5 atom stereocenters. The number of esters is 1. The van der Waals surface area contributed by atoms with E-state index < -0.39 is 22.7 Å². The number of likely N-dealkylation sites (tertiary alicyclic amines) is 1. The van der Waals surface area contributed by atoms with Crippen molar-refractivity contribution in [2.45, 2.75) is 67.3 Å². The van der Waals surface area contributed by atoms with Crippen LogP contribution >= 0.6 is 0 Å². The lowest BCUT2D eigenvalue weighted by molar-refractivity contribution is -0.228. The van der Waals surface area contributed by atoms with Gasteiger partial charge >= 0.3 is 5.97 Å². The quantitative estimate of drug-likeness (QED) is 0.744. The number of benzene rings is 1. The van der Waals surface area contributed by atoms with Crippen LogP contribution in [0.15, 0.2) is 24.3 Å². The summed E-state index contributed by atoms with van der Waals surface area (Å²) in [5.74, 6) is 0.998. The van der Waals surface area contributed by atoms with Gasteiger partial charge < -0.3 is 19.7 Å². The van der Waals surface area contributed by atoms with Crippen LogP contribution in [-0.4, -0.2) is 57.5 Å². The molecule has 7 rings (SSSR count). The molecule has 0 radical (unpaired) electrons. The first-order valence-electron chi connectivity index (χ1n) is 10.9. The molecule has 3 unspecified atom stereocenters. The molecule has 2 N–H and O–H groups in total. The van der Waals surface area contributed by atoms with E-state index in [0.717, 1.165) is 43.0 Å². The fraction of sp³-hybridized carbons (Fsp3) is 0.609. The van der Waals surface area contributed by atoms with E-state index in [-0.39, 0.29) is 17.8 Å². The highest BCUT2D eigenvalue weighted by atomic mass is 16.6. The number of hydrogen-bond donors (Lipinski definition) is 2. The molecule has 6 aliphatic rings. The van der Waals surface area contributed by atoms with Gasteiger partial charge in [-0.2, -0.15) is 0 Å². The molecule has 6 nitrogen and oxygen atoms in total. The summed E-state index contributed by atoms with van der Waals surface area (Å²) < 4.78 is 12.3. The minimum Gasteiger partial charge on any atom is -0.504 e. The zero-order valence-corrected chi connectivity index (χ0v) is 16.3. The first kappa shape index (κ1) is 16.7. The van der Waals surface area contributed by atoms with Crippen LogP contribution < -0.4 is 4.74 Å². The highest BCUT2D eigenvalue weighted by Crippen LogP contribution is 2.68. The summed E-state index contributed by atoms with van der Waals surface area (Å²) in [7, 11) is 0. The van der Waals surface area contributed by atoms with Crippen molar-refractivity contribution in [2.24, 2.45) is 5.92 Å². The number of hydrogen-bond acceptors (Lipinski definition) is 6. The van der Waals surface area contributed by atoms with Crippen molar-refractivity contribution in [3.8, 4) is 11.5 Å². The van der Waals surface area contributed by atoms with Gasteiger partial charge in [-0.15, -0.1) is 0 Å². The second-order valence-electron chi connectivity index (χ2n) is 9.96. The number of fused-ring (bicyclic) bond motifs is 1. The second kappa shape index (κ2) is 4.98. The highest BCUT2D eigenvalue weighted by Gasteiger charge is 2.76. The Morgan fingerprint density at radius 2 is 2.07 bits per heavy atom. The number of aliphatic hydroxyl groups is 1. The molecule has 3 fully saturated rings. The van der Waals surface area contributed by atoms with Gasteiger partial charge in [0.1, 0.15) is 0 Å². The molecule has 3 heterocycles. The van der Waals surface area contributed by atoms with Crippen LogP contribution in [0, 0.1) is 5.92 Å². The van der Waals surface area contributed by atoms with E-state index in [0.29, 0.717) is 18.6 Å². The minimum atomic E-state index is -0.953. The van der Waals surface area contributed by atoms with Gasteiger partial charge in [-0.25, -0.2) is 4.79 Å². The summed E-state index contributed by atoms with van der Waals surface area (Å²) in [6.45, 7) is 1.94. The van der Waals surface area contributed by atoms with E-state index >= 15 is 0 Å². The van der Waals surface area contributed by atoms with Crippen LogP contribution in [0.5, 0.6) is 11.5 Å². The molecule has 1 aromatic rings. The number of phenols is 1. The Kier molecular flexibility index (Phi) is 2.87. The lowest BCUT2D eigenvalue weighted by Crippen LogP contribution is -2.79. The van der Waals surface area contributed by atoms with Crippen LogP contribution in [0.3, 0.4) is 0 Å². The van der Waals surface area contributed by atoms with Crippen molar-refractivity contribution in [1.29, 1.82) is 0 Å². The molecule has 0 amide bonds. The maximum Gasteiger partial charge on any atom is 0.331 e. The van der Waals surface area contributed by atoms with Crippen LogP contribution in [-0.2, 0) is 21.4 Å². The summed E-state index contributed by atoms with van der Waals surface area (Å²) in [6, 6.07) is 3.73. The Hall–Kier alpha value is -2.05. The summed E-state index contributed by atoms with van der Waals surface area (Å²) in [4.78, 5) is 14.6. The molecular formula is C23H25NO5. The van der Waals surface area contributed by atoms with Crippen LogP contribution in [0.4, 0.5) is 0 Å². The minimum absolute atomic E-state index is 0.0318. The Morgan fingerprint density at radius 3 is 2.83 bits per heavy atom. The molecular weight excluding hydrogens is 370 g/mol. The first-order chi connectivity index (χ1) is 14.0. The zero-order valence-electron chi connectivity index (χ0n) is 16.3. The largest absolute Gasteiger partial charge is 0.504 e. The molecule has 1 aromatic carbocycles. The van der Waals surface area contributed by atoms with E-state index in [2.05, 4.69) is 4.90 Å². The maximum atomic E-state index is 12.3. The van der Waals surface area contributed by atoms with Crippen molar-refractivity contribution in [1.82, 2.24) is 4.90 Å². The smallest absolute Gasteiger partial charge is 0.331 e. The SMILES string of the molecule is O=C1C=CC2(CCC3(O)[C@H]4Cc5ccc(O)c6c5[C@@]3(CCN4CC3CC3)C2O6)O1. The number of piperidine rings is 1. The van der Waals surface area contributed by atoms with Gasteiger partial charge in [0.25, 0.3) is 0 Å². The lowest BCUT2D eigenvalue weighted by Gasteiger charge is -2.65. The van der Waals surface area contributed by atoms with Crippen molar-refractivity contribution < 1.29 is 24.5 Å². The van der Waals surface area contributed by atoms with Crippen molar-refractivity contribution in [2.75, 3.05) is 13.1 Å². The molecule has 29 heavy (non-hydrogen) atoms. The van der Waals surface area contributed by atoms with E-state index in [1.165, 1.54) is 18.9 Å². The number of ether oxygens (including phenoxy) is 2. The standard InChI is InChI=1S/C23H25NO5/c25-15-4-3-14-11-16-23(27)8-7-21(6-5-17(26)29-21)20-22(23,18(14)19(15)28-20)9-10-24(16)12-13-1-2-13/h3-6,13,16,20,25,27H,1-2,7-12H2/t16-,20?,21?,22+,23?/m1/s1. The van der Waals surface area contributed by atoms with Crippen molar-refractivity contribution >= 4 is 5.97 Å². The molecule has 2 spiro atoms. The van der Waals surface area contributed by atoms with Crippen LogP contribution in [0.2, 0.25) is 0 Å². The number of carbonyl (C=O) groups excluding carboxylic acids is 1. The number of carbonyl (C=O) groups is 1. The molecule has 3 aliphatic carbocycles. The van der Waals surface area contributed by atoms with Gasteiger partial charge in [-0.3, -0.25) is 4.90 Å². The molecule has 1 saturated heterocycles. The molecule has 6 heteroatoms. The number of nitrogens with zero attached hydrogens (tertiary/aromatic N) is 1. The summed E-state index contributed by atoms with van der Waals surface area (Å²) in [5, 5.41) is 23.0. The van der Waals surface area contributed by atoms with E-state index in [4.69, 9.17) is 9.47 Å². The zero-order chi connectivity index (χ0) is 19.6. The number of phenolic OH excluding ortho intramolecular Hbond substituents is 1. The maximum absolute atomic E-state index is 12.3. The Morgan fingerprint density at radius 1 is 1.21 bits per heavy atom. The first-order valence-corrected chi connectivity index (χ1v) is 10.9. The highest BCUT2D eigenvalue weighted by molar-refractivity contribution is 5.85. The van der Waals surface area contributed by atoms with E-state index in [1.54, 1.807) is 6.07 Å². The van der Waals surface area contributed by atoms with Crippen LogP contribution in [0.1, 0.15) is 43.2 Å². The second-order valence-corrected chi connectivity index (χ2v) is 9.96. The average Bonchev–Trinajstić information content (AvgIpc) is 3.32. The summed E-state index contributed by atoms with van der Waals surface area (Å²) in [6.07, 6.45) is 7.99. The monoisotopic (exact) mass is 395 g/mol. The van der Waals surface area contributed by atoms with E-state index in [1.807, 2.05) is 12.1 Å². The molecule has 2 saturated carbocycles. The predicted molar refractivity (Wildman–Crippen MR) is 103 cm³/mol. The predicted octanol–water partition coefficient (Wildman–Crippen LogP) is 1.81. The van der Waals surface area contributed by atoms with E-state index in [9.17, 15) is 15.0 Å². The average molecular weight is 395 g/mol. The lowest BCUT2D eigenvalue weighted by atomic mass is 9.46. The van der Waals surface area contributed by atoms with Gasteiger partial charge in [0, 0.05) is 24.2 Å². The molecule has 2 bridgehead atoms. The number of aromatic hydroxyl groups is 1. The Labute approximate surface area is 169 Å². The van der Waals surface area contributed by atoms with Gasteiger partial charge in [-0.1, -0.05) is 6.07 Å². The Bertz CT molecular complexity index is 986. The number of rotatable bonds is 2. The van der Waals surface area contributed by atoms with Gasteiger partial charge in [0.15, 0.2) is 23.2 Å². The fourth-order valence-corrected chi connectivity index (χ4v) is 7.25. The normalized spacial score (nSPS) is 44.0. The third-order valence-corrected chi connectivity index (χ3v) is 8.65. The van der Waals surface area contributed by atoms with Crippen molar-refractivity contribution in [3.63, 3.8) is 0 Å². The summed E-state index contributed by atoms with van der Waals surface area (Å²) >= 11 is 0. The van der Waals surface area contributed by atoms with Gasteiger partial charge in [0.2, 0.25) is 0 Å². The van der Waals surface area contributed by atoms with Gasteiger partial charge in [-0.05, 0) is 68.7 Å². The fourth-order valence-electron chi connectivity index (χ4n) is 7.25. The topological polar surface area (TPSA) is 79.2 Å².